The van der Waals surface area contributed by atoms with Gasteiger partial charge in [-0.3, -0.25) is 4.57 Å². The molecule has 0 saturated carbocycles. The van der Waals surface area contributed by atoms with E-state index in [9.17, 15) is 0 Å². The van der Waals surface area contributed by atoms with Crippen LogP contribution >= 0.6 is 11.3 Å². The molecule has 6 heteroatoms. The van der Waals surface area contributed by atoms with Gasteiger partial charge in [-0.2, -0.15) is 0 Å². The quantitative estimate of drug-likeness (QED) is 0.168. The van der Waals surface area contributed by atoms with Crippen molar-refractivity contribution in [3.63, 3.8) is 0 Å². The Balaban J connectivity index is 1.10. The number of hydrogen-bond donors (Lipinski definition) is 0. The normalized spacial score (nSPS) is 13.1. The summed E-state index contributed by atoms with van der Waals surface area (Å²) in [7, 11) is 0. The number of thiazole rings is 1. The van der Waals surface area contributed by atoms with Crippen LogP contribution in [-0.4, -0.2) is 19.5 Å². The lowest BCUT2D eigenvalue weighted by Crippen LogP contribution is -2.30. The highest BCUT2D eigenvalue weighted by Crippen LogP contribution is 2.53. The van der Waals surface area contributed by atoms with E-state index in [-0.39, 0.29) is 5.41 Å². The highest BCUT2D eigenvalue weighted by Gasteiger charge is 2.37. The first-order chi connectivity index (χ1) is 30.5. The van der Waals surface area contributed by atoms with Crippen molar-refractivity contribution in [2.24, 2.45) is 0 Å². The van der Waals surface area contributed by atoms with Crippen LogP contribution in [0.3, 0.4) is 0 Å². The van der Waals surface area contributed by atoms with E-state index in [0.717, 1.165) is 76.5 Å². The summed E-state index contributed by atoms with van der Waals surface area (Å²) in [5.41, 5.74) is 15.4. The molecule has 294 valence electrons. The minimum Gasteiger partial charge on any atom is -0.310 e. The smallest absolute Gasteiger partial charge is 0.162 e. The molecule has 3 aromatic heterocycles. The molecule has 0 aliphatic carbocycles. The zero-order valence-corrected chi connectivity index (χ0v) is 35.0. The summed E-state index contributed by atoms with van der Waals surface area (Å²) >= 11 is 1.73. The van der Waals surface area contributed by atoms with Crippen molar-refractivity contribution in [3.8, 4) is 50.2 Å². The fourth-order valence-corrected chi connectivity index (χ4v) is 10.5. The minimum atomic E-state index is -0.221. The molecule has 5 nitrogen and oxygen atoms in total. The van der Waals surface area contributed by atoms with Crippen molar-refractivity contribution in [1.29, 1.82) is 0 Å². The van der Waals surface area contributed by atoms with E-state index in [4.69, 9.17) is 15.0 Å². The largest absolute Gasteiger partial charge is 0.310 e. The first-order valence-electron chi connectivity index (χ1n) is 21.0. The van der Waals surface area contributed by atoms with Gasteiger partial charge in [0.15, 0.2) is 5.82 Å². The third-order valence-electron chi connectivity index (χ3n) is 12.4. The van der Waals surface area contributed by atoms with Crippen LogP contribution in [0.1, 0.15) is 25.0 Å². The predicted molar refractivity (Wildman–Crippen MR) is 258 cm³/mol. The number of rotatable bonds is 6. The van der Waals surface area contributed by atoms with Gasteiger partial charge in [0.1, 0.15) is 10.8 Å². The van der Waals surface area contributed by atoms with Gasteiger partial charge in [-0.05, 0) is 76.9 Å². The van der Waals surface area contributed by atoms with E-state index in [0.29, 0.717) is 5.82 Å². The van der Waals surface area contributed by atoms with Gasteiger partial charge in [-0.15, -0.1) is 11.3 Å². The highest BCUT2D eigenvalue weighted by atomic mass is 32.1. The average molecular weight is 814 g/mol. The van der Waals surface area contributed by atoms with Crippen molar-refractivity contribution in [3.05, 3.63) is 211 Å². The van der Waals surface area contributed by atoms with Crippen LogP contribution in [0.2, 0.25) is 0 Å². The number of hydrogen-bond acceptors (Lipinski definition) is 5. The Kier molecular flexibility index (Phi) is 8.31. The Bertz CT molecular complexity index is 3430. The molecule has 0 radical (unpaired) electrons. The summed E-state index contributed by atoms with van der Waals surface area (Å²) < 4.78 is 3.46. The molecule has 0 fully saturated rings. The molecule has 0 spiro atoms. The molecule has 11 aromatic rings. The standard InChI is InChI=1S/C56H39N5S/c1-56(2)44-25-15-16-26-49(44)60(41-23-13-6-14-24-41)50-32-28-40(34-45(50)56)39-27-31-48-43(33-39)42-29-30-46-53(62-55(58-46)38-21-11-5-12-22-38)52(42)61(48)51-35-47(36-17-7-3-8-18-36)57-54(59-51)37-19-9-4-10-20-37/h3-35H,1-2H3. The second kappa shape index (κ2) is 14.2. The fraction of sp³-hybridized carbons (Fsp3) is 0.0536. The molecular formula is C56H39N5S. The van der Waals surface area contributed by atoms with Crippen LogP contribution in [0.5, 0.6) is 0 Å². The molecule has 0 N–H and O–H groups in total. The van der Waals surface area contributed by atoms with Gasteiger partial charge in [0, 0.05) is 44.6 Å². The molecular weight excluding hydrogens is 775 g/mol. The summed E-state index contributed by atoms with van der Waals surface area (Å²) in [6.45, 7) is 4.71. The van der Waals surface area contributed by atoms with Crippen LogP contribution in [0.25, 0.3) is 82.2 Å². The topological polar surface area (TPSA) is 46.8 Å². The molecule has 4 heterocycles. The number of anilines is 3. The van der Waals surface area contributed by atoms with Crippen molar-refractivity contribution < 1.29 is 0 Å². The van der Waals surface area contributed by atoms with Crippen LogP contribution in [0, 0.1) is 0 Å². The second-order valence-electron chi connectivity index (χ2n) is 16.5. The number of nitrogens with zero attached hydrogens (tertiary/aromatic N) is 5. The van der Waals surface area contributed by atoms with Gasteiger partial charge >= 0.3 is 0 Å². The predicted octanol–water partition coefficient (Wildman–Crippen LogP) is 15.0. The first kappa shape index (κ1) is 36.2. The molecule has 0 saturated heterocycles. The lowest BCUT2D eigenvalue weighted by atomic mass is 9.73. The lowest BCUT2D eigenvalue weighted by Gasteiger charge is -2.42. The monoisotopic (exact) mass is 813 g/mol. The van der Waals surface area contributed by atoms with Crippen molar-refractivity contribution in [1.82, 2.24) is 19.5 Å². The zero-order chi connectivity index (χ0) is 41.4. The van der Waals surface area contributed by atoms with E-state index in [1.165, 1.54) is 28.1 Å². The van der Waals surface area contributed by atoms with Gasteiger partial charge in [0.2, 0.25) is 0 Å². The molecule has 1 aliphatic heterocycles. The maximum absolute atomic E-state index is 5.37. The van der Waals surface area contributed by atoms with E-state index >= 15 is 0 Å². The molecule has 8 aromatic carbocycles. The molecule has 0 unspecified atom stereocenters. The first-order valence-corrected chi connectivity index (χ1v) is 21.8. The van der Waals surface area contributed by atoms with Crippen LogP contribution in [-0.2, 0) is 5.41 Å². The Morgan fingerprint density at radius 3 is 1.85 bits per heavy atom. The molecule has 12 rings (SSSR count). The molecule has 0 atom stereocenters. The summed E-state index contributed by atoms with van der Waals surface area (Å²) in [5, 5.41) is 3.30. The maximum atomic E-state index is 5.37. The van der Waals surface area contributed by atoms with Crippen molar-refractivity contribution in [2.75, 3.05) is 4.90 Å². The van der Waals surface area contributed by atoms with E-state index in [1.807, 2.05) is 24.3 Å². The van der Waals surface area contributed by atoms with E-state index in [1.54, 1.807) is 11.3 Å². The SMILES string of the molecule is CC1(C)c2ccccc2N(c2ccccc2)c2ccc(-c3ccc4c(c3)c3ccc5nc(-c6ccccc6)sc5c3n4-c3cc(-c4ccccc4)nc(-c4ccccc4)n3)cc21. The van der Waals surface area contributed by atoms with Gasteiger partial charge in [-0.25, -0.2) is 15.0 Å². The Labute approximate surface area is 363 Å². The second-order valence-corrected chi connectivity index (χ2v) is 17.5. The number of para-hydroxylation sites is 2. The zero-order valence-electron chi connectivity index (χ0n) is 34.2. The molecule has 62 heavy (non-hydrogen) atoms. The summed E-state index contributed by atoms with van der Waals surface area (Å²) in [6, 6.07) is 71.2. The Morgan fingerprint density at radius 2 is 1.10 bits per heavy atom. The third kappa shape index (κ3) is 5.79. The Morgan fingerprint density at radius 1 is 0.468 bits per heavy atom. The van der Waals surface area contributed by atoms with E-state index in [2.05, 4.69) is 199 Å². The number of benzene rings is 8. The van der Waals surface area contributed by atoms with Crippen molar-refractivity contribution >= 4 is 60.4 Å². The lowest BCUT2D eigenvalue weighted by molar-refractivity contribution is 0.632. The summed E-state index contributed by atoms with van der Waals surface area (Å²) in [6.07, 6.45) is 0. The number of fused-ring (bicyclic) bond motifs is 7. The molecule has 0 amide bonds. The van der Waals surface area contributed by atoms with Gasteiger partial charge in [0.05, 0.1) is 38.3 Å². The number of aromatic nitrogens is 4. The maximum Gasteiger partial charge on any atom is 0.162 e. The van der Waals surface area contributed by atoms with E-state index < -0.39 is 0 Å². The van der Waals surface area contributed by atoms with Crippen molar-refractivity contribution in [2.45, 2.75) is 19.3 Å². The highest BCUT2D eigenvalue weighted by molar-refractivity contribution is 7.22. The minimum absolute atomic E-state index is 0.221. The summed E-state index contributed by atoms with van der Waals surface area (Å²) in [4.78, 5) is 18.1. The summed E-state index contributed by atoms with van der Waals surface area (Å²) in [5.74, 6) is 1.49. The van der Waals surface area contributed by atoms with Crippen LogP contribution in [0.15, 0.2) is 200 Å². The average Bonchev–Trinajstić information content (AvgIpc) is 3.92. The van der Waals surface area contributed by atoms with Gasteiger partial charge < -0.3 is 4.90 Å². The molecule has 1 aliphatic rings. The van der Waals surface area contributed by atoms with Gasteiger partial charge in [-0.1, -0.05) is 153 Å². The third-order valence-corrected chi connectivity index (χ3v) is 13.6. The Hall–Kier alpha value is -7.67. The van der Waals surface area contributed by atoms with Crippen LogP contribution in [0.4, 0.5) is 17.1 Å². The van der Waals surface area contributed by atoms with Crippen LogP contribution < -0.4 is 4.90 Å². The van der Waals surface area contributed by atoms with Gasteiger partial charge in [0.25, 0.3) is 0 Å². The molecule has 0 bridgehead atoms. The fourth-order valence-electron chi connectivity index (χ4n) is 9.37.